The second kappa shape index (κ2) is 9.79. The molecule has 1 aliphatic rings. The number of likely N-dealkylation sites (N-methyl/N-ethyl adjacent to an activating group) is 1. The summed E-state index contributed by atoms with van der Waals surface area (Å²) in [6.07, 6.45) is 0. The Morgan fingerprint density at radius 3 is 2.34 bits per heavy atom. The Labute approximate surface area is 175 Å². The lowest BCUT2D eigenvalue weighted by Gasteiger charge is -2.35. The molecule has 2 aromatic carbocycles. The predicted molar refractivity (Wildman–Crippen MR) is 122 cm³/mol. The Kier molecular flexibility index (Phi) is 7.15. The van der Waals surface area contributed by atoms with Crippen molar-refractivity contribution in [3.63, 3.8) is 0 Å². The standard InChI is InChI=1S/C24H34N4O/c1-5-27-12-14-28(15-13-27)22-10-11-23(19(3)16-22)26-20(4)24(29)25-17-21-8-6-18(2)7-9-21/h6-11,16,20,26H,5,12-15,17H2,1-4H3,(H,25,29). The van der Waals surface area contributed by atoms with Gasteiger partial charge in [0.15, 0.2) is 0 Å². The number of carbonyl (C=O) groups excluding carboxylic acids is 1. The van der Waals surface area contributed by atoms with Crippen molar-refractivity contribution in [1.82, 2.24) is 10.2 Å². The Bertz CT molecular complexity index is 810. The summed E-state index contributed by atoms with van der Waals surface area (Å²) < 4.78 is 0. The molecule has 1 amide bonds. The van der Waals surface area contributed by atoms with E-state index in [-0.39, 0.29) is 11.9 Å². The first-order chi connectivity index (χ1) is 14.0. The van der Waals surface area contributed by atoms with Gasteiger partial charge in [-0.2, -0.15) is 0 Å². The van der Waals surface area contributed by atoms with Crippen LogP contribution in [0.4, 0.5) is 11.4 Å². The van der Waals surface area contributed by atoms with Crippen LogP contribution in [0.25, 0.3) is 0 Å². The van der Waals surface area contributed by atoms with E-state index < -0.39 is 0 Å². The van der Waals surface area contributed by atoms with Gasteiger partial charge in [0, 0.05) is 44.1 Å². The molecule has 156 valence electrons. The highest BCUT2D eigenvalue weighted by Crippen LogP contribution is 2.24. The molecule has 5 nitrogen and oxygen atoms in total. The zero-order chi connectivity index (χ0) is 20.8. The molecule has 0 saturated carbocycles. The van der Waals surface area contributed by atoms with Crippen LogP contribution in [-0.4, -0.2) is 49.6 Å². The molecule has 5 heteroatoms. The van der Waals surface area contributed by atoms with Crippen molar-refractivity contribution in [3.05, 3.63) is 59.2 Å². The highest BCUT2D eigenvalue weighted by Gasteiger charge is 2.17. The van der Waals surface area contributed by atoms with Gasteiger partial charge in [0.1, 0.15) is 6.04 Å². The number of aryl methyl sites for hydroxylation is 2. The number of rotatable bonds is 7. The van der Waals surface area contributed by atoms with Gasteiger partial charge in [-0.05, 0) is 56.6 Å². The van der Waals surface area contributed by atoms with Gasteiger partial charge < -0.3 is 20.4 Å². The molecule has 1 aliphatic heterocycles. The number of carbonyl (C=O) groups is 1. The van der Waals surface area contributed by atoms with Gasteiger partial charge in [0.2, 0.25) is 5.91 Å². The van der Waals surface area contributed by atoms with Crippen LogP contribution in [-0.2, 0) is 11.3 Å². The molecule has 2 aromatic rings. The third-order valence-corrected chi connectivity index (χ3v) is 5.75. The van der Waals surface area contributed by atoms with Crippen LogP contribution in [0.5, 0.6) is 0 Å². The van der Waals surface area contributed by atoms with E-state index in [9.17, 15) is 4.79 Å². The fourth-order valence-corrected chi connectivity index (χ4v) is 3.68. The van der Waals surface area contributed by atoms with Crippen LogP contribution >= 0.6 is 0 Å². The lowest BCUT2D eigenvalue weighted by atomic mass is 10.1. The maximum Gasteiger partial charge on any atom is 0.242 e. The van der Waals surface area contributed by atoms with E-state index in [1.165, 1.54) is 16.8 Å². The Morgan fingerprint density at radius 1 is 1.03 bits per heavy atom. The van der Waals surface area contributed by atoms with E-state index in [1.807, 2.05) is 6.92 Å². The van der Waals surface area contributed by atoms with Crippen LogP contribution < -0.4 is 15.5 Å². The molecule has 2 N–H and O–H groups in total. The average molecular weight is 395 g/mol. The van der Waals surface area contributed by atoms with Gasteiger partial charge in [-0.3, -0.25) is 4.79 Å². The lowest BCUT2D eigenvalue weighted by Crippen LogP contribution is -2.46. The second-order valence-corrected chi connectivity index (χ2v) is 7.99. The van der Waals surface area contributed by atoms with Gasteiger partial charge >= 0.3 is 0 Å². The molecule has 1 heterocycles. The summed E-state index contributed by atoms with van der Waals surface area (Å²) in [6, 6.07) is 14.4. The summed E-state index contributed by atoms with van der Waals surface area (Å²) in [5.41, 5.74) is 5.78. The number of hydrogen-bond donors (Lipinski definition) is 2. The van der Waals surface area contributed by atoms with Crippen LogP contribution in [0, 0.1) is 13.8 Å². The summed E-state index contributed by atoms with van der Waals surface area (Å²) in [7, 11) is 0. The third kappa shape index (κ3) is 5.73. The first-order valence-electron chi connectivity index (χ1n) is 10.6. The highest BCUT2D eigenvalue weighted by atomic mass is 16.2. The number of piperazine rings is 1. The summed E-state index contributed by atoms with van der Waals surface area (Å²) in [6.45, 7) is 14.3. The zero-order valence-electron chi connectivity index (χ0n) is 18.2. The molecule has 1 fully saturated rings. The lowest BCUT2D eigenvalue weighted by molar-refractivity contribution is -0.121. The fraction of sp³-hybridized carbons (Fsp3) is 0.458. The van der Waals surface area contributed by atoms with Crippen molar-refractivity contribution in [2.45, 2.75) is 40.3 Å². The molecule has 0 aliphatic carbocycles. The van der Waals surface area contributed by atoms with E-state index in [2.05, 4.69) is 83.7 Å². The first-order valence-corrected chi connectivity index (χ1v) is 10.6. The smallest absolute Gasteiger partial charge is 0.242 e. The Balaban J connectivity index is 1.53. The molecule has 29 heavy (non-hydrogen) atoms. The van der Waals surface area contributed by atoms with Gasteiger partial charge in [-0.1, -0.05) is 36.8 Å². The molecule has 1 saturated heterocycles. The Morgan fingerprint density at radius 2 is 1.72 bits per heavy atom. The molecule has 0 spiro atoms. The van der Waals surface area contributed by atoms with Gasteiger partial charge in [-0.25, -0.2) is 0 Å². The van der Waals surface area contributed by atoms with Crippen molar-refractivity contribution in [1.29, 1.82) is 0 Å². The predicted octanol–water partition coefficient (Wildman–Crippen LogP) is 3.56. The largest absolute Gasteiger partial charge is 0.374 e. The first kappa shape index (κ1) is 21.2. The minimum Gasteiger partial charge on any atom is -0.374 e. The quantitative estimate of drug-likeness (QED) is 0.754. The summed E-state index contributed by atoms with van der Waals surface area (Å²) in [5, 5.41) is 6.38. The Hall–Kier alpha value is -2.53. The van der Waals surface area contributed by atoms with Crippen molar-refractivity contribution in [2.24, 2.45) is 0 Å². The normalized spacial score (nSPS) is 15.8. The van der Waals surface area contributed by atoms with E-state index in [0.29, 0.717) is 6.54 Å². The number of nitrogens with zero attached hydrogens (tertiary/aromatic N) is 2. The van der Waals surface area contributed by atoms with Crippen molar-refractivity contribution in [2.75, 3.05) is 42.9 Å². The minimum absolute atomic E-state index is 0.00439. The summed E-state index contributed by atoms with van der Waals surface area (Å²) >= 11 is 0. The minimum atomic E-state index is -0.293. The van der Waals surface area contributed by atoms with E-state index in [1.54, 1.807) is 0 Å². The van der Waals surface area contributed by atoms with Crippen molar-refractivity contribution < 1.29 is 4.79 Å². The maximum absolute atomic E-state index is 12.5. The average Bonchev–Trinajstić information content (AvgIpc) is 2.74. The van der Waals surface area contributed by atoms with Crippen LogP contribution in [0.1, 0.15) is 30.5 Å². The molecular formula is C24H34N4O. The van der Waals surface area contributed by atoms with Gasteiger partial charge in [0.05, 0.1) is 0 Å². The molecule has 1 atom stereocenters. The molecular weight excluding hydrogens is 360 g/mol. The fourth-order valence-electron chi connectivity index (χ4n) is 3.68. The van der Waals surface area contributed by atoms with Crippen molar-refractivity contribution in [3.8, 4) is 0 Å². The van der Waals surface area contributed by atoms with Crippen LogP contribution in [0.3, 0.4) is 0 Å². The number of nitrogens with one attached hydrogen (secondary N) is 2. The SMILES string of the molecule is CCN1CCN(c2ccc(NC(C)C(=O)NCc3ccc(C)cc3)c(C)c2)CC1. The molecule has 1 unspecified atom stereocenters. The van der Waals surface area contributed by atoms with Crippen LogP contribution in [0.2, 0.25) is 0 Å². The summed E-state index contributed by atoms with van der Waals surface area (Å²) in [5.74, 6) is 0.00439. The number of anilines is 2. The van der Waals surface area contributed by atoms with E-state index in [0.717, 1.165) is 44.0 Å². The number of amides is 1. The van der Waals surface area contributed by atoms with E-state index in [4.69, 9.17) is 0 Å². The van der Waals surface area contributed by atoms with Crippen LogP contribution in [0.15, 0.2) is 42.5 Å². The second-order valence-electron chi connectivity index (χ2n) is 7.99. The van der Waals surface area contributed by atoms with Gasteiger partial charge in [-0.15, -0.1) is 0 Å². The molecule has 0 bridgehead atoms. The monoisotopic (exact) mass is 394 g/mol. The molecule has 0 aromatic heterocycles. The highest BCUT2D eigenvalue weighted by molar-refractivity contribution is 5.84. The summed E-state index contributed by atoms with van der Waals surface area (Å²) in [4.78, 5) is 17.4. The molecule has 3 rings (SSSR count). The zero-order valence-corrected chi connectivity index (χ0v) is 18.2. The topological polar surface area (TPSA) is 47.6 Å². The van der Waals surface area contributed by atoms with Gasteiger partial charge in [0.25, 0.3) is 0 Å². The maximum atomic E-state index is 12.5. The van der Waals surface area contributed by atoms with E-state index >= 15 is 0 Å². The molecule has 0 radical (unpaired) electrons. The third-order valence-electron chi connectivity index (χ3n) is 5.75. The number of hydrogen-bond acceptors (Lipinski definition) is 4. The number of benzene rings is 2. The van der Waals surface area contributed by atoms with Crippen molar-refractivity contribution >= 4 is 17.3 Å².